The maximum Gasteiger partial charge on any atom is 0.0529 e. The number of hydrogen-bond donors (Lipinski definition) is 1. The fraction of sp³-hybridized carbons (Fsp3) is 0.818. The fourth-order valence-corrected chi connectivity index (χ4v) is 1.21. The highest BCUT2D eigenvalue weighted by molar-refractivity contribution is 4.70. The third kappa shape index (κ3) is 8.00. The van der Waals surface area contributed by atoms with Crippen LogP contribution in [0.25, 0.3) is 0 Å². The molecule has 13 heavy (non-hydrogen) atoms. The molecule has 78 valence electrons. The SMILES string of the molecule is C=CCCCOCC(C)(C)CNC. The number of unbranched alkanes of at least 4 members (excludes halogenated alkanes) is 1. The Balaban J connectivity index is 3.34. The minimum Gasteiger partial charge on any atom is -0.381 e. The second-order valence-corrected chi connectivity index (χ2v) is 4.18. The van der Waals surface area contributed by atoms with E-state index >= 15 is 0 Å². The minimum atomic E-state index is 0.239. The predicted molar refractivity (Wildman–Crippen MR) is 58.0 cm³/mol. The van der Waals surface area contributed by atoms with Gasteiger partial charge in [-0.3, -0.25) is 0 Å². The number of hydrogen-bond acceptors (Lipinski definition) is 2. The Hall–Kier alpha value is -0.340. The molecule has 0 rings (SSSR count). The van der Waals surface area contributed by atoms with Gasteiger partial charge in [-0.2, -0.15) is 0 Å². The quantitative estimate of drug-likeness (QED) is 0.462. The topological polar surface area (TPSA) is 21.3 Å². The van der Waals surface area contributed by atoms with Crippen molar-refractivity contribution < 1.29 is 4.74 Å². The number of allylic oxidation sites excluding steroid dienone is 1. The highest BCUT2D eigenvalue weighted by Crippen LogP contribution is 2.13. The van der Waals surface area contributed by atoms with Crippen molar-refractivity contribution in [3.63, 3.8) is 0 Å². The summed E-state index contributed by atoms with van der Waals surface area (Å²) < 4.78 is 5.57. The summed E-state index contributed by atoms with van der Waals surface area (Å²) in [5.41, 5.74) is 0.239. The molecule has 0 atom stereocenters. The zero-order chi connectivity index (χ0) is 10.2. The van der Waals surface area contributed by atoms with Gasteiger partial charge in [0.05, 0.1) is 6.61 Å². The van der Waals surface area contributed by atoms with Gasteiger partial charge in [0.25, 0.3) is 0 Å². The van der Waals surface area contributed by atoms with E-state index < -0.39 is 0 Å². The van der Waals surface area contributed by atoms with Crippen molar-refractivity contribution in [1.82, 2.24) is 5.32 Å². The van der Waals surface area contributed by atoms with E-state index in [1.54, 1.807) is 0 Å². The first kappa shape index (κ1) is 12.7. The lowest BCUT2D eigenvalue weighted by Crippen LogP contribution is -2.31. The van der Waals surface area contributed by atoms with Crippen LogP contribution < -0.4 is 5.32 Å². The molecule has 1 N–H and O–H groups in total. The normalized spacial score (nSPS) is 11.6. The molecule has 0 aliphatic rings. The van der Waals surface area contributed by atoms with Crippen LogP contribution in [0, 0.1) is 5.41 Å². The standard InChI is InChI=1S/C11H23NO/c1-5-6-7-8-13-10-11(2,3)9-12-4/h5,12H,1,6-10H2,2-4H3. The van der Waals surface area contributed by atoms with Gasteiger partial charge in [0.1, 0.15) is 0 Å². The third-order valence-corrected chi connectivity index (χ3v) is 1.85. The van der Waals surface area contributed by atoms with Crippen LogP contribution in [0.1, 0.15) is 26.7 Å². The molecular weight excluding hydrogens is 162 g/mol. The summed E-state index contributed by atoms with van der Waals surface area (Å²) in [6.07, 6.45) is 4.06. The molecule has 2 nitrogen and oxygen atoms in total. The molecule has 0 heterocycles. The first-order valence-corrected chi connectivity index (χ1v) is 4.95. The molecule has 0 fully saturated rings. The van der Waals surface area contributed by atoms with Crippen molar-refractivity contribution in [2.24, 2.45) is 5.41 Å². The molecule has 0 bridgehead atoms. The van der Waals surface area contributed by atoms with E-state index in [1.165, 1.54) is 0 Å². The van der Waals surface area contributed by atoms with Crippen molar-refractivity contribution >= 4 is 0 Å². The first-order chi connectivity index (χ1) is 6.12. The summed E-state index contributed by atoms with van der Waals surface area (Å²) in [6, 6.07) is 0. The van der Waals surface area contributed by atoms with E-state index in [9.17, 15) is 0 Å². The molecule has 0 aliphatic carbocycles. The van der Waals surface area contributed by atoms with Gasteiger partial charge >= 0.3 is 0 Å². The van der Waals surface area contributed by atoms with Gasteiger partial charge in [0, 0.05) is 18.6 Å². The van der Waals surface area contributed by atoms with Gasteiger partial charge < -0.3 is 10.1 Å². The Labute approximate surface area is 82.4 Å². The van der Waals surface area contributed by atoms with Gasteiger partial charge in [-0.05, 0) is 19.9 Å². The molecule has 0 aliphatic heterocycles. The van der Waals surface area contributed by atoms with Crippen LogP contribution in [0.4, 0.5) is 0 Å². The highest BCUT2D eigenvalue weighted by atomic mass is 16.5. The molecule has 0 amide bonds. The van der Waals surface area contributed by atoms with Crippen molar-refractivity contribution in [1.29, 1.82) is 0 Å². The molecule has 0 aromatic heterocycles. The summed E-state index contributed by atoms with van der Waals surface area (Å²) in [5.74, 6) is 0. The smallest absolute Gasteiger partial charge is 0.0529 e. The average Bonchev–Trinajstić information content (AvgIpc) is 2.04. The van der Waals surface area contributed by atoms with Gasteiger partial charge in [-0.1, -0.05) is 19.9 Å². The molecule has 0 aromatic carbocycles. The van der Waals surface area contributed by atoms with Gasteiger partial charge in [0.15, 0.2) is 0 Å². The first-order valence-electron chi connectivity index (χ1n) is 4.95. The second kappa shape index (κ2) is 7.10. The maximum atomic E-state index is 5.57. The number of ether oxygens (including phenoxy) is 1. The summed E-state index contributed by atoms with van der Waals surface area (Å²) in [6.45, 7) is 10.7. The summed E-state index contributed by atoms with van der Waals surface area (Å²) in [5, 5.41) is 3.16. The lowest BCUT2D eigenvalue weighted by Gasteiger charge is -2.23. The molecule has 0 saturated heterocycles. The highest BCUT2D eigenvalue weighted by Gasteiger charge is 2.16. The second-order valence-electron chi connectivity index (χ2n) is 4.18. The van der Waals surface area contributed by atoms with Crippen LogP contribution in [0.15, 0.2) is 12.7 Å². The Morgan fingerprint density at radius 3 is 2.69 bits per heavy atom. The lowest BCUT2D eigenvalue weighted by atomic mass is 9.95. The number of nitrogens with one attached hydrogen (secondary N) is 1. The Morgan fingerprint density at radius 2 is 2.15 bits per heavy atom. The molecule has 0 unspecified atom stereocenters. The zero-order valence-electron chi connectivity index (χ0n) is 9.23. The van der Waals surface area contributed by atoms with E-state index in [-0.39, 0.29) is 5.41 Å². The van der Waals surface area contributed by atoms with E-state index in [2.05, 4.69) is 25.7 Å². The van der Waals surface area contributed by atoms with Crippen LogP contribution in [-0.4, -0.2) is 26.8 Å². The Bertz CT molecular complexity index is 132. The molecule has 0 spiro atoms. The van der Waals surface area contributed by atoms with E-state index in [1.807, 2.05) is 13.1 Å². The van der Waals surface area contributed by atoms with Crippen LogP contribution >= 0.6 is 0 Å². The Kier molecular flexibility index (Phi) is 6.92. The molecule has 2 heteroatoms. The summed E-state index contributed by atoms with van der Waals surface area (Å²) in [4.78, 5) is 0. The summed E-state index contributed by atoms with van der Waals surface area (Å²) >= 11 is 0. The van der Waals surface area contributed by atoms with Gasteiger partial charge in [0.2, 0.25) is 0 Å². The van der Waals surface area contributed by atoms with Crippen molar-refractivity contribution in [3.05, 3.63) is 12.7 Å². The maximum absolute atomic E-state index is 5.57. The van der Waals surface area contributed by atoms with Crippen molar-refractivity contribution in [3.8, 4) is 0 Å². The Morgan fingerprint density at radius 1 is 1.46 bits per heavy atom. The van der Waals surface area contributed by atoms with Crippen LogP contribution in [0.2, 0.25) is 0 Å². The van der Waals surface area contributed by atoms with Crippen LogP contribution in [0.3, 0.4) is 0 Å². The average molecular weight is 185 g/mol. The van der Waals surface area contributed by atoms with Crippen LogP contribution in [-0.2, 0) is 4.74 Å². The van der Waals surface area contributed by atoms with Gasteiger partial charge in [-0.15, -0.1) is 6.58 Å². The number of rotatable bonds is 8. The fourth-order valence-electron chi connectivity index (χ4n) is 1.21. The van der Waals surface area contributed by atoms with E-state index in [4.69, 9.17) is 4.74 Å². The minimum absolute atomic E-state index is 0.239. The van der Waals surface area contributed by atoms with Crippen molar-refractivity contribution in [2.45, 2.75) is 26.7 Å². The monoisotopic (exact) mass is 185 g/mol. The zero-order valence-corrected chi connectivity index (χ0v) is 9.23. The van der Waals surface area contributed by atoms with E-state index in [0.717, 1.165) is 32.6 Å². The molecule has 0 radical (unpaired) electrons. The van der Waals surface area contributed by atoms with Gasteiger partial charge in [-0.25, -0.2) is 0 Å². The molecule has 0 saturated carbocycles. The predicted octanol–water partition coefficient (Wildman–Crippen LogP) is 2.21. The molecule has 0 aromatic rings. The molecular formula is C11H23NO. The largest absolute Gasteiger partial charge is 0.381 e. The lowest BCUT2D eigenvalue weighted by molar-refractivity contribution is 0.0620. The third-order valence-electron chi connectivity index (χ3n) is 1.85. The van der Waals surface area contributed by atoms with Crippen molar-refractivity contribution in [2.75, 3.05) is 26.8 Å². The van der Waals surface area contributed by atoms with Crippen LogP contribution in [0.5, 0.6) is 0 Å². The van der Waals surface area contributed by atoms with E-state index in [0.29, 0.717) is 0 Å². The summed E-state index contributed by atoms with van der Waals surface area (Å²) in [7, 11) is 1.97.